The first-order valence-corrected chi connectivity index (χ1v) is 13.5. The van der Waals surface area contributed by atoms with Gasteiger partial charge in [0, 0.05) is 0 Å². The molecule has 31 heavy (non-hydrogen) atoms. The zero-order valence-corrected chi connectivity index (χ0v) is 20.4. The number of allylic oxidation sites excluding steroid dienone is 2. The molecule has 0 heteroatoms. The van der Waals surface area contributed by atoms with Crippen LogP contribution in [0.3, 0.4) is 0 Å². The fourth-order valence-electron chi connectivity index (χ4n) is 4.50. The van der Waals surface area contributed by atoms with Gasteiger partial charge in [-0.15, -0.1) is 0 Å². The summed E-state index contributed by atoms with van der Waals surface area (Å²) in [4.78, 5) is 0. The second-order valence-corrected chi connectivity index (χ2v) is 9.43. The zero-order chi connectivity index (χ0) is 21.8. The first kappa shape index (κ1) is 25.7. The van der Waals surface area contributed by atoms with E-state index in [4.69, 9.17) is 0 Å². The number of hydrogen-bond donors (Lipinski definition) is 0. The van der Waals surface area contributed by atoms with Gasteiger partial charge in [-0.25, -0.2) is 0 Å². The quantitative estimate of drug-likeness (QED) is 0.156. The lowest BCUT2D eigenvalue weighted by molar-refractivity contribution is 0.541. The van der Waals surface area contributed by atoms with Crippen LogP contribution in [-0.2, 0) is 6.42 Å². The maximum atomic E-state index is 2.41. The topological polar surface area (TPSA) is 0 Å². The monoisotopic (exact) mass is 420 g/mol. The maximum absolute atomic E-state index is 2.41. The third kappa shape index (κ3) is 12.8. The lowest BCUT2D eigenvalue weighted by atomic mass is 10.0. The predicted octanol–water partition coefficient (Wildman–Crippen LogP) is 10.6. The molecule has 0 bridgehead atoms. The van der Waals surface area contributed by atoms with E-state index >= 15 is 0 Å². The lowest BCUT2D eigenvalue weighted by Gasteiger charge is -2.05. The van der Waals surface area contributed by atoms with Crippen LogP contribution in [0, 0.1) is 0 Å². The summed E-state index contributed by atoms with van der Waals surface area (Å²) in [6.45, 7) is 2.28. The van der Waals surface area contributed by atoms with Gasteiger partial charge in [0.2, 0.25) is 0 Å². The SMILES string of the molecule is CCCCC/C=C/CCCCCCCCCCCCCCc1ccc2ccccc2c1. The first-order valence-electron chi connectivity index (χ1n) is 13.5. The van der Waals surface area contributed by atoms with Gasteiger partial charge in [-0.2, -0.15) is 0 Å². The van der Waals surface area contributed by atoms with Crippen molar-refractivity contribution >= 4 is 10.8 Å². The van der Waals surface area contributed by atoms with Crippen molar-refractivity contribution in [3.63, 3.8) is 0 Å². The van der Waals surface area contributed by atoms with Crippen LogP contribution in [-0.4, -0.2) is 0 Å². The van der Waals surface area contributed by atoms with Gasteiger partial charge in [0.1, 0.15) is 0 Å². The molecule has 0 heterocycles. The lowest BCUT2D eigenvalue weighted by Crippen LogP contribution is -1.87. The van der Waals surface area contributed by atoms with Crippen LogP contribution >= 0.6 is 0 Å². The van der Waals surface area contributed by atoms with Crippen molar-refractivity contribution in [1.29, 1.82) is 0 Å². The third-order valence-electron chi connectivity index (χ3n) is 6.54. The molecule has 0 nitrogen and oxygen atoms in total. The van der Waals surface area contributed by atoms with E-state index in [-0.39, 0.29) is 0 Å². The fourth-order valence-corrected chi connectivity index (χ4v) is 4.50. The van der Waals surface area contributed by atoms with Gasteiger partial charge < -0.3 is 0 Å². The van der Waals surface area contributed by atoms with Crippen molar-refractivity contribution in [2.75, 3.05) is 0 Å². The number of benzene rings is 2. The average Bonchev–Trinajstić information content (AvgIpc) is 2.80. The van der Waals surface area contributed by atoms with Crippen LogP contribution in [0.15, 0.2) is 54.6 Å². The first-order chi connectivity index (χ1) is 15.4. The summed E-state index contributed by atoms with van der Waals surface area (Å²) in [5.41, 5.74) is 1.50. The highest BCUT2D eigenvalue weighted by atomic mass is 14.0. The standard InChI is InChI=1S/C31H48/c1-2-3-4-5-6-7-8-9-10-11-12-13-14-15-16-17-18-19-20-23-29-26-27-30-24-21-22-25-31(30)28-29/h6-7,21-22,24-28H,2-5,8-20,23H2,1H3/b7-6+. The molecule has 0 atom stereocenters. The Morgan fingerprint density at radius 2 is 1.03 bits per heavy atom. The molecule has 2 rings (SSSR count). The third-order valence-corrected chi connectivity index (χ3v) is 6.54. The van der Waals surface area contributed by atoms with Crippen molar-refractivity contribution in [2.45, 2.75) is 122 Å². The molecule has 0 saturated heterocycles. The molecular formula is C31H48. The molecule has 0 amide bonds. The summed E-state index contributed by atoms with van der Waals surface area (Å²) in [5, 5.41) is 2.74. The summed E-state index contributed by atoms with van der Waals surface area (Å²) in [6.07, 6.45) is 29.8. The van der Waals surface area contributed by atoms with Gasteiger partial charge in [0.15, 0.2) is 0 Å². The Morgan fingerprint density at radius 1 is 0.516 bits per heavy atom. The van der Waals surface area contributed by atoms with Crippen molar-refractivity contribution in [3.05, 3.63) is 60.2 Å². The molecule has 0 unspecified atom stereocenters. The van der Waals surface area contributed by atoms with Crippen molar-refractivity contribution in [2.24, 2.45) is 0 Å². The molecule has 172 valence electrons. The van der Waals surface area contributed by atoms with E-state index < -0.39 is 0 Å². The van der Waals surface area contributed by atoms with Gasteiger partial charge in [0.05, 0.1) is 0 Å². The number of aryl methyl sites for hydroxylation is 1. The van der Waals surface area contributed by atoms with Gasteiger partial charge in [-0.3, -0.25) is 0 Å². The van der Waals surface area contributed by atoms with Crippen molar-refractivity contribution < 1.29 is 0 Å². The Bertz CT molecular complexity index is 696. The van der Waals surface area contributed by atoms with Crippen LogP contribution < -0.4 is 0 Å². The zero-order valence-electron chi connectivity index (χ0n) is 20.4. The number of unbranched alkanes of at least 4 members (excludes halogenated alkanes) is 15. The minimum absolute atomic E-state index is 1.24. The van der Waals surface area contributed by atoms with E-state index in [0.29, 0.717) is 0 Å². The maximum Gasteiger partial charge on any atom is -0.0181 e. The molecule has 2 aromatic rings. The average molecular weight is 421 g/mol. The Labute approximate surface area is 193 Å². The molecule has 0 fully saturated rings. The van der Waals surface area contributed by atoms with Gasteiger partial charge in [-0.1, -0.05) is 139 Å². The van der Waals surface area contributed by atoms with Crippen LogP contribution in [0.1, 0.15) is 122 Å². The van der Waals surface area contributed by atoms with Crippen LogP contribution in [0.2, 0.25) is 0 Å². The van der Waals surface area contributed by atoms with Crippen molar-refractivity contribution in [1.82, 2.24) is 0 Å². The second kappa shape index (κ2) is 18.1. The summed E-state index contributed by atoms with van der Waals surface area (Å²) in [5.74, 6) is 0. The molecule has 0 saturated carbocycles. The Hall–Kier alpha value is -1.56. The molecule has 0 aromatic heterocycles. The molecule has 0 radical (unpaired) electrons. The van der Waals surface area contributed by atoms with Gasteiger partial charge in [0.25, 0.3) is 0 Å². The molecule has 0 spiro atoms. The minimum atomic E-state index is 1.24. The minimum Gasteiger partial charge on any atom is -0.0885 e. The predicted molar refractivity (Wildman–Crippen MR) is 141 cm³/mol. The smallest absolute Gasteiger partial charge is 0.0181 e. The van der Waals surface area contributed by atoms with E-state index in [0.717, 1.165) is 0 Å². The number of hydrogen-bond acceptors (Lipinski definition) is 0. The Morgan fingerprint density at radius 3 is 1.65 bits per heavy atom. The van der Waals surface area contributed by atoms with E-state index in [9.17, 15) is 0 Å². The molecular weight excluding hydrogens is 372 g/mol. The summed E-state index contributed by atoms with van der Waals surface area (Å²) < 4.78 is 0. The second-order valence-electron chi connectivity index (χ2n) is 9.43. The Kier molecular flexibility index (Phi) is 15.0. The number of rotatable bonds is 19. The highest BCUT2D eigenvalue weighted by Crippen LogP contribution is 2.18. The van der Waals surface area contributed by atoms with E-state index in [1.165, 1.54) is 132 Å². The van der Waals surface area contributed by atoms with Gasteiger partial charge >= 0.3 is 0 Å². The Balaban J connectivity index is 1.31. The number of fused-ring (bicyclic) bond motifs is 1. The highest BCUT2D eigenvalue weighted by molar-refractivity contribution is 5.82. The van der Waals surface area contributed by atoms with E-state index in [1.807, 2.05) is 0 Å². The summed E-state index contributed by atoms with van der Waals surface area (Å²) in [7, 11) is 0. The summed E-state index contributed by atoms with van der Waals surface area (Å²) in [6, 6.07) is 15.7. The molecule has 0 N–H and O–H groups in total. The van der Waals surface area contributed by atoms with Crippen LogP contribution in [0.4, 0.5) is 0 Å². The van der Waals surface area contributed by atoms with Crippen molar-refractivity contribution in [3.8, 4) is 0 Å². The molecule has 0 aliphatic carbocycles. The normalized spacial score (nSPS) is 11.6. The van der Waals surface area contributed by atoms with Crippen LogP contribution in [0.25, 0.3) is 10.8 Å². The molecule has 0 aliphatic rings. The van der Waals surface area contributed by atoms with E-state index in [1.54, 1.807) is 0 Å². The fraction of sp³-hybridized carbons (Fsp3) is 0.613. The largest absolute Gasteiger partial charge is 0.0885 e. The van der Waals surface area contributed by atoms with E-state index in [2.05, 4.69) is 61.5 Å². The van der Waals surface area contributed by atoms with Crippen LogP contribution in [0.5, 0.6) is 0 Å². The molecule has 2 aromatic carbocycles. The molecule has 0 aliphatic heterocycles. The van der Waals surface area contributed by atoms with Gasteiger partial charge in [-0.05, 0) is 54.9 Å². The summed E-state index contributed by atoms with van der Waals surface area (Å²) >= 11 is 0. The highest BCUT2D eigenvalue weighted by Gasteiger charge is 1.98.